The molecule has 2 aromatic heterocycles. The lowest BCUT2D eigenvalue weighted by Crippen LogP contribution is -2.34. The molecule has 5 heteroatoms. The molecule has 0 aromatic carbocycles. The molecule has 0 atom stereocenters. The van der Waals surface area contributed by atoms with Crippen LogP contribution in [0.4, 0.5) is 0 Å². The number of nitrogens with one attached hydrogen (secondary N) is 1. The van der Waals surface area contributed by atoms with Gasteiger partial charge in [0, 0.05) is 43.0 Å². The fourth-order valence-electron chi connectivity index (χ4n) is 2.16. The van der Waals surface area contributed by atoms with Crippen molar-refractivity contribution in [3.05, 3.63) is 41.6 Å². The largest absolute Gasteiger partial charge is 0.468 e. The molecule has 0 aliphatic heterocycles. The molecular weight excluding hydrogens is 264 g/mol. The Morgan fingerprint density at radius 2 is 2.05 bits per heavy atom. The highest BCUT2D eigenvalue weighted by Gasteiger charge is 2.11. The zero-order valence-electron chi connectivity index (χ0n) is 13.7. The monoisotopic (exact) mass is 290 g/mol. The third kappa shape index (κ3) is 5.36. The molecule has 0 aliphatic carbocycles. The molecule has 0 bridgehead atoms. The molecular formula is C16H26N4O. The van der Waals surface area contributed by atoms with Crippen LogP contribution in [0.1, 0.15) is 37.7 Å². The molecule has 0 radical (unpaired) electrons. The fraction of sp³-hybridized carbons (Fsp3) is 0.562. The fourth-order valence-corrected chi connectivity index (χ4v) is 2.16. The van der Waals surface area contributed by atoms with E-state index in [1.165, 1.54) is 11.1 Å². The Morgan fingerprint density at radius 3 is 2.67 bits per heavy atom. The first-order valence-electron chi connectivity index (χ1n) is 7.29. The average Bonchev–Trinajstić information content (AvgIpc) is 2.95. The van der Waals surface area contributed by atoms with Crippen LogP contribution in [0.2, 0.25) is 0 Å². The number of aryl methyl sites for hydroxylation is 1. The standard InChI is InChI=1S/C16H26N4O/c1-16(2,3)17-7-13-6-15(21-12-13)11-19(4)9-14-8-18-20(5)10-14/h6,8,10,12,17H,7,9,11H2,1-5H3. The van der Waals surface area contributed by atoms with Gasteiger partial charge in [-0.25, -0.2) is 0 Å². The van der Waals surface area contributed by atoms with E-state index in [-0.39, 0.29) is 5.54 Å². The molecule has 0 unspecified atom stereocenters. The summed E-state index contributed by atoms with van der Waals surface area (Å²) in [5.74, 6) is 0.993. The highest BCUT2D eigenvalue weighted by Crippen LogP contribution is 2.13. The van der Waals surface area contributed by atoms with Gasteiger partial charge in [0.15, 0.2) is 0 Å². The molecule has 0 aliphatic rings. The van der Waals surface area contributed by atoms with Crippen molar-refractivity contribution in [2.24, 2.45) is 7.05 Å². The van der Waals surface area contributed by atoms with Crippen molar-refractivity contribution < 1.29 is 4.42 Å². The summed E-state index contributed by atoms with van der Waals surface area (Å²) < 4.78 is 7.47. The maximum atomic E-state index is 5.64. The van der Waals surface area contributed by atoms with Gasteiger partial charge >= 0.3 is 0 Å². The minimum atomic E-state index is 0.120. The van der Waals surface area contributed by atoms with E-state index >= 15 is 0 Å². The third-order valence-electron chi connectivity index (χ3n) is 3.17. The Balaban J connectivity index is 1.84. The predicted octanol–water partition coefficient (Wildman–Crippen LogP) is 2.53. The zero-order valence-corrected chi connectivity index (χ0v) is 13.7. The van der Waals surface area contributed by atoms with E-state index in [9.17, 15) is 0 Å². The summed E-state index contributed by atoms with van der Waals surface area (Å²) in [6, 6.07) is 2.12. The topological polar surface area (TPSA) is 46.2 Å². The van der Waals surface area contributed by atoms with E-state index < -0.39 is 0 Å². The first-order valence-corrected chi connectivity index (χ1v) is 7.29. The van der Waals surface area contributed by atoms with Gasteiger partial charge in [0.1, 0.15) is 5.76 Å². The molecule has 1 N–H and O–H groups in total. The number of hydrogen-bond acceptors (Lipinski definition) is 4. The van der Waals surface area contributed by atoms with E-state index in [1.54, 1.807) is 0 Å². The van der Waals surface area contributed by atoms with E-state index in [1.807, 2.05) is 30.4 Å². The van der Waals surface area contributed by atoms with Crippen LogP contribution in [-0.4, -0.2) is 27.3 Å². The van der Waals surface area contributed by atoms with Crippen molar-refractivity contribution >= 4 is 0 Å². The number of aromatic nitrogens is 2. The van der Waals surface area contributed by atoms with Gasteiger partial charge in [-0.3, -0.25) is 9.58 Å². The minimum Gasteiger partial charge on any atom is -0.468 e. The van der Waals surface area contributed by atoms with Crippen LogP contribution in [0.25, 0.3) is 0 Å². The molecule has 0 saturated heterocycles. The second-order valence-corrected chi connectivity index (χ2v) is 6.72. The lowest BCUT2D eigenvalue weighted by molar-refractivity contribution is 0.288. The molecule has 0 fully saturated rings. The van der Waals surface area contributed by atoms with Crippen LogP contribution in [0.5, 0.6) is 0 Å². The van der Waals surface area contributed by atoms with Crippen molar-refractivity contribution in [2.75, 3.05) is 7.05 Å². The summed E-state index contributed by atoms with van der Waals surface area (Å²) in [6.07, 6.45) is 5.78. The van der Waals surface area contributed by atoms with Crippen molar-refractivity contribution in [1.29, 1.82) is 0 Å². The Kier molecular flexibility index (Phi) is 4.85. The summed E-state index contributed by atoms with van der Waals surface area (Å²) in [4.78, 5) is 2.22. The molecule has 5 nitrogen and oxygen atoms in total. The molecule has 0 spiro atoms. The van der Waals surface area contributed by atoms with Gasteiger partial charge in [-0.15, -0.1) is 0 Å². The lowest BCUT2D eigenvalue weighted by Gasteiger charge is -2.19. The molecule has 2 aromatic rings. The Labute approximate surface area is 126 Å². The second kappa shape index (κ2) is 6.45. The summed E-state index contributed by atoms with van der Waals surface area (Å²) in [5, 5.41) is 7.65. The molecule has 0 saturated carbocycles. The summed E-state index contributed by atoms with van der Waals surface area (Å²) in [7, 11) is 4.02. The summed E-state index contributed by atoms with van der Waals surface area (Å²) >= 11 is 0. The number of rotatable bonds is 6. The first-order chi connectivity index (χ1) is 9.82. The van der Waals surface area contributed by atoms with E-state index in [2.05, 4.69) is 49.2 Å². The Hall–Kier alpha value is -1.59. The second-order valence-electron chi connectivity index (χ2n) is 6.72. The third-order valence-corrected chi connectivity index (χ3v) is 3.17. The van der Waals surface area contributed by atoms with E-state index in [0.29, 0.717) is 0 Å². The van der Waals surface area contributed by atoms with Gasteiger partial charge in [0.2, 0.25) is 0 Å². The maximum Gasteiger partial charge on any atom is 0.118 e. The molecule has 2 rings (SSSR count). The van der Waals surface area contributed by atoms with Crippen LogP contribution in [0.15, 0.2) is 29.1 Å². The van der Waals surface area contributed by atoms with E-state index in [0.717, 1.165) is 25.4 Å². The minimum absolute atomic E-state index is 0.120. The van der Waals surface area contributed by atoms with Crippen LogP contribution >= 0.6 is 0 Å². The summed E-state index contributed by atoms with van der Waals surface area (Å²) in [6.45, 7) is 8.98. The number of furan rings is 1. The van der Waals surface area contributed by atoms with Crippen LogP contribution in [0, 0.1) is 0 Å². The van der Waals surface area contributed by atoms with E-state index in [4.69, 9.17) is 4.42 Å². The van der Waals surface area contributed by atoms with Gasteiger partial charge in [0.05, 0.1) is 19.0 Å². The van der Waals surface area contributed by atoms with Crippen LogP contribution < -0.4 is 5.32 Å². The average molecular weight is 290 g/mol. The summed E-state index contributed by atoms with van der Waals surface area (Å²) in [5.41, 5.74) is 2.52. The lowest BCUT2D eigenvalue weighted by atomic mass is 10.1. The van der Waals surface area contributed by atoms with Gasteiger partial charge in [-0.05, 0) is 33.9 Å². The smallest absolute Gasteiger partial charge is 0.118 e. The van der Waals surface area contributed by atoms with Crippen molar-refractivity contribution in [3.63, 3.8) is 0 Å². The Morgan fingerprint density at radius 1 is 1.29 bits per heavy atom. The van der Waals surface area contributed by atoms with Crippen molar-refractivity contribution in [1.82, 2.24) is 20.0 Å². The van der Waals surface area contributed by atoms with Crippen molar-refractivity contribution in [2.45, 2.75) is 45.9 Å². The first kappa shape index (κ1) is 15.8. The van der Waals surface area contributed by atoms with Gasteiger partial charge in [-0.2, -0.15) is 5.10 Å². The van der Waals surface area contributed by atoms with Crippen LogP contribution in [-0.2, 0) is 26.7 Å². The van der Waals surface area contributed by atoms with Gasteiger partial charge < -0.3 is 9.73 Å². The highest BCUT2D eigenvalue weighted by atomic mass is 16.3. The number of hydrogen-bond donors (Lipinski definition) is 1. The molecule has 116 valence electrons. The van der Waals surface area contributed by atoms with Gasteiger partial charge in [0.25, 0.3) is 0 Å². The van der Waals surface area contributed by atoms with Crippen LogP contribution in [0.3, 0.4) is 0 Å². The number of nitrogens with zero attached hydrogens (tertiary/aromatic N) is 3. The normalized spacial score (nSPS) is 12.3. The molecule has 2 heterocycles. The van der Waals surface area contributed by atoms with Gasteiger partial charge in [-0.1, -0.05) is 0 Å². The predicted molar refractivity (Wildman–Crippen MR) is 83.7 cm³/mol. The highest BCUT2D eigenvalue weighted by molar-refractivity contribution is 5.13. The molecule has 21 heavy (non-hydrogen) atoms. The quantitative estimate of drug-likeness (QED) is 0.888. The SMILES string of the molecule is CN(Cc1cnn(C)c1)Cc1cc(CNC(C)(C)C)co1. The maximum absolute atomic E-state index is 5.64. The molecule has 0 amide bonds. The Bertz CT molecular complexity index is 565. The zero-order chi connectivity index (χ0) is 15.5. The van der Waals surface area contributed by atoms with Crippen molar-refractivity contribution in [3.8, 4) is 0 Å².